The van der Waals surface area contributed by atoms with Crippen LogP contribution in [0.1, 0.15) is 11.1 Å². The summed E-state index contributed by atoms with van der Waals surface area (Å²) in [5.41, 5.74) is 4.59. The zero-order valence-corrected chi connectivity index (χ0v) is 18.2. The maximum Gasteiger partial charge on any atom is 0.232 e. The number of thioether (sulfide) groups is 1. The lowest BCUT2D eigenvalue weighted by Crippen LogP contribution is -2.38. The molecule has 1 fully saturated rings. The van der Waals surface area contributed by atoms with Crippen molar-refractivity contribution in [3.05, 3.63) is 78.1 Å². The molecule has 4 aromatic rings. The number of hydrogen-bond donors (Lipinski definition) is 0. The molecule has 1 aliphatic rings. The zero-order valence-electron chi connectivity index (χ0n) is 17.4. The Bertz CT molecular complexity index is 1130. The molecule has 0 N–H and O–H groups in total. The second kappa shape index (κ2) is 8.95. The van der Waals surface area contributed by atoms with E-state index in [9.17, 15) is 0 Å². The number of aryl methyl sites for hydroxylation is 1. The molecule has 1 aliphatic heterocycles. The minimum Gasteiger partial charge on any atom is -0.378 e. The van der Waals surface area contributed by atoms with Crippen LogP contribution >= 0.6 is 11.8 Å². The van der Waals surface area contributed by atoms with Gasteiger partial charge in [-0.25, -0.2) is 4.68 Å². The summed E-state index contributed by atoms with van der Waals surface area (Å²) >= 11 is 1.70. The fraction of sp³-hybridized carbons (Fsp3) is 0.261. The summed E-state index contributed by atoms with van der Waals surface area (Å²) in [5, 5.41) is 14.3. The highest BCUT2D eigenvalue weighted by Gasteiger charge is 2.22. The Kier molecular flexibility index (Phi) is 5.73. The number of hydrogen-bond acceptors (Lipinski definition) is 6. The van der Waals surface area contributed by atoms with Crippen LogP contribution in [-0.2, 0) is 10.5 Å². The number of morpholine rings is 1. The Morgan fingerprint density at radius 1 is 0.968 bits per heavy atom. The lowest BCUT2D eigenvalue weighted by Gasteiger charge is -2.28. The van der Waals surface area contributed by atoms with Gasteiger partial charge in [0.05, 0.1) is 24.6 Å². The second-order valence-corrected chi connectivity index (χ2v) is 8.35. The van der Waals surface area contributed by atoms with E-state index in [0.717, 1.165) is 41.3 Å². The van der Waals surface area contributed by atoms with Gasteiger partial charge in [0.2, 0.25) is 5.95 Å². The molecule has 0 atom stereocenters. The largest absolute Gasteiger partial charge is 0.378 e. The Morgan fingerprint density at radius 3 is 2.52 bits per heavy atom. The van der Waals surface area contributed by atoms with Crippen molar-refractivity contribution in [2.45, 2.75) is 17.8 Å². The van der Waals surface area contributed by atoms with Crippen molar-refractivity contribution < 1.29 is 4.74 Å². The number of para-hydroxylation sites is 1. The van der Waals surface area contributed by atoms with E-state index >= 15 is 0 Å². The van der Waals surface area contributed by atoms with E-state index in [-0.39, 0.29) is 0 Å². The molecular weight excluding hydrogens is 408 g/mol. The van der Waals surface area contributed by atoms with Gasteiger partial charge in [-0.15, -0.1) is 10.2 Å². The molecule has 2 aromatic carbocycles. The molecule has 3 heterocycles. The van der Waals surface area contributed by atoms with Gasteiger partial charge in [0, 0.05) is 31.2 Å². The highest BCUT2D eigenvalue weighted by atomic mass is 32.2. The molecular formula is C23H24N6OS. The number of nitrogens with zero attached hydrogens (tertiary/aromatic N) is 6. The predicted molar refractivity (Wildman–Crippen MR) is 122 cm³/mol. The second-order valence-electron chi connectivity index (χ2n) is 7.41. The van der Waals surface area contributed by atoms with Crippen LogP contribution in [0.25, 0.3) is 11.4 Å². The number of ether oxygens (including phenoxy) is 1. The average molecular weight is 433 g/mol. The van der Waals surface area contributed by atoms with Crippen molar-refractivity contribution >= 4 is 17.7 Å². The molecule has 0 radical (unpaired) electrons. The monoisotopic (exact) mass is 432 g/mol. The number of aromatic nitrogens is 5. The Balaban J connectivity index is 1.41. The first kappa shape index (κ1) is 19.8. The standard InChI is InChI=1S/C23H24N6OS/c1-18-5-2-3-6-21(18)29-22(27-13-15-30-16-14-27)25-26-23(29)31-17-19-7-9-20(10-8-19)28-12-4-11-24-28/h2-12H,13-17H2,1H3. The lowest BCUT2D eigenvalue weighted by molar-refractivity contribution is 0.122. The summed E-state index contributed by atoms with van der Waals surface area (Å²) in [6.07, 6.45) is 3.73. The number of anilines is 1. The summed E-state index contributed by atoms with van der Waals surface area (Å²) in [7, 11) is 0. The summed E-state index contributed by atoms with van der Waals surface area (Å²) in [5.74, 6) is 1.70. The van der Waals surface area contributed by atoms with Crippen LogP contribution in [0.2, 0.25) is 0 Å². The molecule has 5 rings (SSSR count). The summed E-state index contributed by atoms with van der Waals surface area (Å²) in [4.78, 5) is 2.26. The van der Waals surface area contributed by atoms with E-state index in [1.165, 1.54) is 11.1 Å². The van der Waals surface area contributed by atoms with E-state index in [1.807, 2.05) is 16.9 Å². The van der Waals surface area contributed by atoms with Crippen molar-refractivity contribution in [3.8, 4) is 11.4 Å². The third-order valence-electron chi connectivity index (χ3n) is 5.34. The van der Waals surface area contributed by atoms with Gasteiger partial charge in [0.15, 0.2) is 5.16 Å². The van der Waals surface area contributed by atoms with E-state index < -0.39 is 0 Å². The first-order valence-electron chi connectivity index (χ1n) is 10.4. The molecule has 31 heavy (non-hydrogen) atoms. The summed E-state index contributed by atoms with van der Waals surface area (Å²) in [6, 6.07) is 18.8. The Hall–Kier alpha value is -3.10. The number of rotatable bonds is 6. The summed E-state index contributed by atoms with van der Waals surface area (Å²) < 4.78 is 9.57. The van der Waals surface area contributed by atoms with Crippen molar-refractivity contribution in [1.29, 1.82) is 0 Å². The van der Waals surface area contributed by atoms with Gasteiger partial charge in [-0.2, -0.15) is 5.10 Å². The van der Waals surface area contributed by atoms with Crippen LogP contribution < -0.4 is 4.90 Å². The van der Waals surface area contributed by atoms with Gasteiger partial charge < -0.3 is 9.64 Å². The molecule has 1 saturated heterocycles. The van der Waals surface area contributed by atoms with E-state index in [0.29, 0.717) is 13.2 Å². The Morgan fingerprint density at radius 2 is 1.77 bits per heavy atom. The highest BCUT2D eigenvalue weighted by molar-refractivity contribution is 7.98. The van der Waals surface area contributed by atoms with Gasteiger partial charge in [-0.1, -0.05) is 42.1 Å². The molecule has 158 valence electrons. The van der Waals surface area contributed by atoms with Gasteiger partial charge in [0.25, 0.3) is 0 Å². The topological polar surface area (TPSA) is 61.0 Å². The van der Waals surface area contributed by atoms with E-state index in [2.05, 4.69) is 80.2 Å². The average Bonchev–Trinajstić information content (AvgIpc) is 3.50. The van der Waals surface area contributed by atoms with Gasteiger partial charge in [-0.05, 0) is 42.3 Å². The van der Waals surface area contributed by atoms with Crippen molar-refractivity contribution in [3.63, 3.8) is 0 Å². The maximum atomic E-state index is 5.53. The van der Waals surface area contributed by atoms with E-state index in [1.54, 1.807) is 18.0 Å². The molecule has 0 aliphatic carbocycles. The van der Waals surface area contributed by atoms with Crippen molar-refractivity contribution in [1.82, 2.24) is 24.5 Å². The van der Waals surface area contributed by atoms with Crippen LogP contribution in [0.3, 0.4) is 0 Å². The van der Waals surface area contributed by atoms with Crippen LogP contribution in [0, 0.1) is 6.92 Å². The molecule has 8 heteroatoms. The third-order valence-corrected chi connectivity index (χ3v) is 6.34. The highest BCUT2D eigenvalue weighted by Crippen LogP contribution is 2.30. The minimum absolute atomic E-state index is 0.714. The minimum atomic E-state index is 0.714. The molecule has 0 spiro atoms. The normalized spacial score (nSPS) is 14.2. The van der Waals surface area contributed by atoms with E-state index in [4.69, 9.17) is 4.74 Å². The molecule has 0 saturated carbocycles. The Labute approximate surface area is 185 Å². The quantitative estimate of drug-likeness (QED) is 0.431. The van der Waals surface area contributed by atoms with Crippen molar-refractivity contribution in [2.75, 3.05) is 31.2 Å². The third kappa shape index (κ3) is 4.22. The molecule has 2 aromatic heterocycles. The van der Waals surface area contributed by atoms with Crippen molar-refractivity contribution in [2.24, 2.45) is 0 Å². The fourth-order valence-corrected chi connectivity index (χ4v) is 4.56. The van der Waals surface area contributed by atoms with Crippen LogP contribution in [-0.4, -0.2) is 50.8 Å². The van der Waals surface area contributed by atoms with Gasteiger partial charge in [0.1, 0.15) is 0 Å². The molecule has 0 unspecified atom stereocenters. The predicted octanol–water partition coefficient (Wildman–Crippen LogP) is 3.89. The molecule has 0 amide bonds. The number of benzene rings is 2. The molecule has 7 nitrogen and oxygen atoms in total. The van der Waals surface area contributed by atoms with Gasteiger partial charge >= 0.3 is 0 Å². The first-order valence-corrected chi connectivity index (χ1v) is 11.3. The van der Waals surface area contributed by atoms with Crippen LogP contribution in [0.5, 0.6) is 0 Å². The lowest BCUT2D eigenvalue weighted by atomic mass is 10.2. The van der Waals surface area contributed by atoms with Gasteiger partial charge in [-0.3, -0.25) is 4.57 Å². The van der Waals surface area contributed by atoms with Crippen LogP contribution in [0.4, 0.5) is 5.95 Å². The smallest absolute Gasteiger partial charge is 0.232 e. The zero-order chi connectivity index (χ0) is 21.0. The molecule has 0 bridgehead atoms. The first-order chi connectivity index (χ1) is 15.3. The maximum absolute atomic E-state index is 5.53. The SMILES string of the molecule is Cc1ccccc1-n1c(SCc2ccc(-n3cccn3)cc2)nnc1N1CCOCC1. The van der Waals surface area contributed by atoms with Crippen LogP contribution in [0.15, 0.2) is 72.1 Å². The summed E-state index contributed by atoms with van der Waals surface area (Å²) in [6.45, 7) is 5.20. The fourth-order valence-electron chi connectivity index (χ4n) is 3.66.